The van der Waals surface area contributed by atoms with Gasteiger partial charge in [-0.1, -0.05) is 37.0 Å². The van der Waals surface area contributed by atoms with Gasteiger partial charge in [-0.05, 0) is 25.8 Å². The zero-order valence-electron chi connectivity index (χ0n) is 9.66. The van der Waals surface area contributed by atoms with Gasteiger partial charge < -0.3 is 0 Å². The Balaban J connectivity index is 5.11. The van der Waals surface area contributed by atoms with Crippen LogP contribution >= 0.6 is 0 Å². The Morgan fingerprint density at radius 1 is 1.44 bits per heavy atom. The van der Waals surface area contributed by atoms with Crippen LogP contribution in [0.2, 0.25) is 0 Å². The molecule has 0 aromatic heterocycles. The maximum atomic E-state index is 11.5. The molecule has 4 nitrogen and oxygen atoms in total. The van der Waals surface area contributed by atoms with Crippen molar-refractivity contribution in [1.29, 1.82) is 0 Å². The Kier molecular flexibility index (Phi) is 5.95. The van der Waals surface area contributed by atoms with E-state index in [2.05, 4.69) is 13.2 Å². The maximum absolute atomic E-state index is 11.5. The second kappa shape index (κ2) is 6.42. The highest BCUT2D eigenvalue weighted by atomic mass is 32.2. The number of hydrazine groups is 1. The Morgan fingerprint density at radius 2 is 2.00 bits per heavy atom. The first kappa shape index (κ1) is 14.8. The molecule has 90 valence electrons. The van der Waals surface area contributed by atoms with E-state index in [4.69, 9.17) is 5.84 Å². The van der Waals surface area contributed by atoms with E-state index < -0.39 is 10.0 Å². The zero-order valence-corrected chi connectivity index (χ0v) is 10.5. The maximum Gasteiger partial charge on any atom is 0.252 e. The molecule has 0 aromatic rings. The molecule has 0 aliphatic carbocycles. The molecule has 16 heavy (non-hydrogen) atoms. The monoisotopic (exact) mass is 242 g/mol. The van der Waals surface area contributed by atoms with Crippen molar-refractivity contribution in [2.24, 2.45) is 5.84 Å². The van der Waals surface area contributed by atoms with E-state index in [0.717, 1.165) is 5.57 Å². The van der Waals surface area contributed by atoms with Gasteiger partial charge in [-0.25, -0.2) is 8.42 Å². The number of sulfonamides is 1. The van der Waals surface area contributed by atoms with Crippen molar-refractivity contribution < 1.29 is 8.42 Å². The second-order valence-corrected chi connectivity index (χ2v) is 5.11. The SMILES string of the molecule is C=C/C=C(/C)C/C=C(\C(=C)C)S(=O)(=O)NN. The molecule has 0 saturated carbocycles. The highest BCUT2D eigenvalue weighted by molar-refractivity contribution is 7.93. The van der Waals surface area contributed by atoms with Crippen LogP contribution in [0.4, 0.5) is 0 Å². The Labute approximate surface area is 97.3 Å². The second-order valence-electron chi connectivity index (χ2n) is 3.42. The summed E-state index contributed by atoms with van der Waals surface area (Å²) in [5.41, 5.74) is 1.45. The molecule has 0 aliphatic heterocycles. The van der Waals surface area contributed by atoms with Crippen LogP contribution in [0.15, 0.2) is 47.4 Å². The van der Waals surface area contributed by atoms with Crippen LogP contribution in [0.3, 0.4) is 0 Å². The summed E-state index contributed by atoms with van der Waals surface area (Å²) >= 11 is 0. The lowest BCUT2D eigenvalue weighted by Gasteiger charge is -2.07. The molecule has 0 fully saturated rings. The summed E-state index contributed by atoms with van der Waals surface area (Å²) in [6.45, 7) is 10.7. The van der Waals surface area contributed by atoms with Gasteiger partial charge in [0.05, 0.1) is 4.91 Å². The van der Waals surface area contributed by atoms with Crippen LogP contribution in [0.5, 0.6) is 0 Å². The van der Waals surface area contributed by atoms with Crippen LogP contribution in [0, 0.1) is 0 Å². The molecule has 0 amide bonds. The van der Waals surface area contributed by atoms with Crippen LogP contribution in [-0.2, 0) is 10.0 Å². The number of allylic oxidation sites excluding steroid dienone is 5. The van der Waals surface area contributed by atoms with Gasteiger partial charge in [0.1, 0.15) is 0 Å². The third-order valence-corrected chi connectivity index (χ3v) is 3.28. The highest BCUT2D eigenvalue weighted by Crippen LogP contribution is 2.16. The molecule has 0 spiro atoms. The average molecular weight is 242 g/mol. The number of nitrogens with one attached hydrogen (secondary N) is 1. The highest BCUT2D eigenvalue weighted by Gasteiger charge is 2.15. The van der Waals surface area contributed by atoms with E-state index >= 15 is 0 Å². The molecule has 0 radical (unpaired) electrons. The van der Waals surface area contributed by atoms with E-state index in [9.17, 15) is 8.42 Å². The van der Waals surface area contributed by atoms with Crippen LogP contribution < -0.4 is 10.7 Å². The number of hydrogen-bond acceptors (Lipinski definition) is 3. The minimum Gasteiger partial charge on any atom is -0.257 e. The molecule has 0 rings (SSSR count). The normalized spacial score (nSPS) is 13.7. The van der Waals surface area contributed by atoms with Crippen molar-refractivity contribution in [3.63, 3.8) is 0 Å². The van der Waals surface area contributed by atoms with Crippen molar-refractivity contribution in [2.75, 3.05) is 0 Å². The first-order valence-corrected chi connectivity index (χ1v) is 6.20. The fraction of sp³-hybridized carbons (Fsp3) is 0.273. The number of nitrogens with two attached hydrogens (primary N) is 1. The summed E-state index contributed by atoms with van der Waals surface area (Å²) < 4.78 is 23.0. The van der Waals surface area contributed by atoms with E-state index in [1.165, 1.54) is 0 Å². The molecule has 0 aliphatic rings. The summed E-state index contributed by atoms with van der Waals surface area (Å²) in [4.78, 5) is 1.90. The largest absolute Gasteiger partial charge is 0.257 e. The Bertz CT molecular complexity index is 431. The summed E-state index contributed by atoms with van der Waals surface area (Å²) in [5.74, 6) is 4.96. The van der Waals surface area contributed by atoms with Gasteiger partial charge in [0.2, 0.25) is 0 Å². The summed E-state index contributed by atoms with van der Waals surface area (Å²) in [5, 5.41) is 0. The molecule has 0 saturated heterocycles. The third-order valence-electron chi connectivity index (χ3n) is 1.88. The molecule has 0 unspecified atom stereocenters. The van der Waals surface area contributed by atoms with Gasteiger partial charge >= 0.3 is 0 Å². The summed E-state index contributed by atoms with van der Waals surface area (Å²) in [6.07, 6.45) is 5.55. The van der Waals surface area contributed by atoms with Crippen molar-refractivity contribution in [2.45, 2.75) is 20.3 Å². The van der Waals surface area contributed by atoms with Crippen LogP contribution in [0.25, 0.3) is 0 Å². The lowest BCUT2D eigenvalue weighted by molar-refractivity contribution is 0.591. The van der Waals surface area contributed by atoms with Crippen molar-refractivity contribution in [1.82, 2.24) is 4.83 Å². The third kappa shape index (κ3) is 4.57. The predicted molar refractivity (Wildman–Crippen MR) is 67.7 cm³/mol. The fourth-order valence-electron chi connectivity index (χ4n) is 1.10. The van der Waals surface area contributed by atoms with Crippen molar-refractivity contribution in [3.8, 4) is 0 Å². The fourth-order valence-corrected chi connectivity index (χ4v) is 1.99. The first-order valence-electron chi connectivity index (χ1n) is 4.71. The lowest BCUT2D eigenvalue weighted by Crippen LogP contribution is -2.31. The van der Waals surface area contributed by atoms with Gasteiger partial charge in [0.15, 0.2) is 0 Å². The number of rotatable bonds is 6. The minimum atomic E-state index is -3.63. The summed E-state index contributed by atoms with van der Waals surface area (Å²) in [6, 6.07) is 0. The first-order chi connectivity index (χ1) is 7.35. The molecule has 0 atom stereocenters. The van der Waals surface area contributed by atoms with Gasteiger partial charge in [0, 0.05) is 0 Å². The molecule has 0 bridgehead atoms. The molecule has 5 heteroatoms. The standard InChI is InChI=1S/C11H18N2O2S/c1-5-6-10(4)7-8-11(9(2)3)16(14,15)13-12/h5-6,8,13H,1-2,7,12H2,3-4H3/b10-6-,11-8+. The Hall–Kier alpha value is -1.17. The van der Waals surface area contributed by atoms with Gasteiger partial charge in [-0.3, -0.25) is 5.84 Å². The quantitative estimate of drug-likeness (QED) is 0.423. The van der Waals surface area contributed by atoms with E-state index in [1.54, 1.807) is 23.9 Å². The topological polar surface area (TPSA) is 72.2 Å². The van der Waals surface area contributed by atoms with Crippen LogP contribution in [0.1, 0.15) is 20.3 Å². The van der Waals surface area contributed by atoms with E-state index in [-0.39, 0.29) is 4.91 Å². The minimum absolute atomic E-state index is 0.117. The molecule has 3 N–H and O–H groups in total. The predicted octanol–water partition coefficient (Wildman–Crippen LogP) is 1.76. The average Bonchev–Trinajstić information content (AvgIpc) is 2.17. The smallest absolute Gasteiger partial charge is 0.252 e. The molecule has 0 heterocycles. The van der Waals surface area contributed by atoms with Crippen LogP contribution in [-0.4, -0.2) is 8.42 Å². The van der Waals surface area contributed by atoms with E-state index in [1.807, 2.05) is 13.0 Å². The zero-order chi connectivity index (χ0) is 12.8. The lowest BCUT2D eigenvalue weighted by atomic mass is 10.1. The van der Waals surface area contributed by atoms with Gasteiger partial charge in [0.25, 0.3) is 10.0 Å². The summed E-state index contributed by atoms with van der Waals surface area (Å²) in [7, 11) is -3.63. The number of hydrogen-bond donors (Lipinski definition) is 2. The van der Waals surface area contributed by atoms with Gasteiger partial charge in [-0.15, -0.1) is 0 Å². The molecular formula is C11H18N2O2S. The Morgan fingerprint density at radius 3 is 2.38 bits per heavy atom. The van der Waals surface area contributed by atoms with Gasteiger partial charge in [-0.2, -0.15) is 4.83 Å². The van der Waals surface area contributed by atoms with Crippen molar-refractivity contribution in [3.05, 3.63) is 47.4 Å². The molecular weight excluding hydrogens is 224 g/mol. The van der Waals surface area contributed by atoms with E-state index in [0.29, 0.717) is 12.0 Å². The van der Waals surface area contributed by atoms with Crippen molar-refractivity contribution >= 4 is 10.0 Å². The molecule has 0 aromatic carbocycles.